The summed E-state index contributed by atoms with van der Waals surface area (Å²) in [6, 6.07) is 0. The standard InChI is InChI=1S/C16H30Cl4O/c17-11-7-3-1-5-9-15(19)13-21-14-16(20)10-6-2-4-8-12-18/h15-16H,1-14H2. The number of alkyl halides is 4. The largest absolute Gasteiger partial charge is 0.378 e. The molecule has 0 spiro atoms. The Hall–Kier alpha value is 1.12. The molecule has 0 aromatic rings. The smallest absolute Gasteiger partial charge is 0.0630 e. The molecule has 0 bridgehead atoms. The van der Waals surface area contributed by atoms with Gasteiger partial charge in [-0.1, -0.05) is 38.5 Å². The van der Waals surface area contributed by atoms with Crippen LogP contribution in [-0.2, 0) is 4.74 Å². The summed E-state index contributed by atoms with van der Waals surface area (Å²) >= 11 is 23.7. The average Bonchev–Trinajstić information content (AvgIpc) is 2.47. The summed E-state index contributed by atoms with van der Waals surface area (Å²) in [5.41, 5.74) is 0. The number of ether oxygens (including phenoxy) is 1. The van der Waals surface area contributed by atoms with E-state index in [-0.39, 0.29) is 10.8 Å². The van der Waals surface area contributed by atoms with Crippen molar-refractivity contribution >= 4 is 46.4 Å². The lowest BCUT2D eigenvalue weighted by molar-refractivity contribution is 0.130. The van der Waals surface area contributed by atoms with Gasteiger partial charge >= 0.3 is 0 Å². The van der Waals surface area contributed by atoms with Crippen molar-refractivity contribution in [1.29, 1.82) is 0 Å². The molecule has 2 unspecified atom stereocenters. The summed E-state index contributed by atoms with van der Waals surface area (Å²) in [5.74, 6) is 1.52. The Bertz CT molecular complexity index is 185. The lowest BCUT2D eigenvalue weighted by Crippen LogP contribution is -2.15. The molecule has 2 atom stereocenters. The van der Waals surface area contributed by atoms with E-state index < -0.39 is 0 Å². The molecule has 1 nitrogen and oxygen atoms in total. The molecule has 5 heteroatoms. The molecule has 0 saturated heterocycles. The summed E-state index contributed by atoms with van der Waals surface area (Å²) < 4.78 is 5.61. The van der Waals surface area contributed by atoms with Gasteiger partial charge in [0, 0.05) is 11.8 Å². The molecule has 0 aliphatic carbocycles. The average molecular weight is 380 g/mol. The fourth-order valence-corrected chi connectivity index (χ4v) is 2.98. The highest BCUT2D eigenvalue weighted by molar-refractivity contribution is 6.21. The van der Waals surface area contributed by atoms with Crippen LogP contribution in [0.2, 0.25) is 0 Å². The second kappa shape index (κ2) is 17.5. The van der Waals surface area contributed by atoms with Gasteiger partial charge < -0.3 is 4.74 Å². The van der Waals surface area contributed by atoms with Crippen LogP contribution in [0.1, 0.15) is 64.2 Å². The topological polar surface area (TPSA) is 9.23 Å². The molecule has 0 N–H and O–H groups in total. The molecule has 0 saturated carbocycles. The molecule has 0 radical (unpaired) electrons. The minimum Gasteiger partial charge on any atom is -0.378 e. The van der Waals surface area contributed by atoms with Crippen molar-refractivity contribution in [3.05, 3.63) is 0 Å². The highest BCUT2D eigenvalue weighted by Crippen LogP contribution is 2.14. The van der Waals surface area contributed by atoms with Gasteiger partial charge in [0.05, 0.1) is 24.0 Å². The molecule has 0 amide bonds. The summed E-state index contributed by atoms with van der Waals surface area (Å²) in [4.78, 5) is 0. The van der Waals surface area contributed by atoms with Crippen molar-refractivity contribution in [2.75, 3.05) is 25.0 Å². The Kier molecular flexibility index (Phi) is 18.4. The second-order valence-corrected chi connectivity index (χ2v) is 7.51. The first-order chi connectivity index (χ1) is 10.2. The third kappa shape index (κ3) is 17.3. The van der Waals surface area contributed by atoms with Gasteiger partial charge in [-0.3, -0.25) is 0 Å². The summed E-state index contributed by atoms with van der Waals surface area (Å²) in [7, 11) is 0. The first kappa shape index (κ1) is 22.1. The molecular weight excluding hydrogens is 350 g/mol. The SMILES string of the molecule is ClCCCCCCC(Cl)COCC(Cl)CCCCCCCl. The van der Waals surface area contributed by atoms with Crippen molar-refractivity contribution in [2.45, 2.75) is 75.0 Å². The molecular formula is C16H30Cl4O. The zero-order valence-corrected chi connectivity index (χ0v) is 16.0. The first-order valence-corrected chi connectivity index (χ1v) is 10.1. The van der Waals surface area contributed by atoms with E-state index in [4.69, 9.17) is 51.1 Å². The van der Waals surface area contributed by atoms with Crippen LogP contribution in [0.4, 0.5) is 0 Å². The number of rotatable bonds is 16. The quantitative estimate of drug-likeness (QED) is 0.217. The van der Waals surface area contributed by atoms with Crippen LogP contribution in [0, 0.1) is 0 Å². The van der Waals surface area contributed by atoms with Crippen LogP contribution in [0.3, 0.4) is 0 Å². The highest BCUT2D eigenvalue weighted by atomic mass is 35.5. The van der Waals surface area contributed by atoms with Crippen LogP contribution >= 0.6 is 46.4 Å². The Labute approximate surface area is 151 Å². The highest BCUT2D eigenvalue weighted by Gasteiger charge is 2.08. The molecule has 0 aromatic carbocycles. The minimum atomic E-state index is 0.105. The van der Waals surface area contributed by atoms with E-state index in [0.717, 1.165) is 50.3 Å². The Morgan fingerprint density at radius 2 is 0.952 bits per heavy atom. The predicted octanol–water partition coefficient (Wildman–Crippen LogP) is 6.60. The maximum Gasteiger partial charge on any atom is 0.0630 e. The molecule has 0 fully saturated rings. The second-order valence-electron chi connectivity index (χ2n) is 5.52. The van der Waals surface area contributed by atoms with Crippen LogP contribution in [-0.4, -0.2) is 35.7 Å². The van der Waals surface area contributed by atoms with Crippen molar-refractivity contribution in [2.24, 2.45) is 0 Å². The van der Waals surface area contributed by atoms with Gasteiger partial charge in [-0.25, -0.2) is 0 Å². The van der Waals surface area contributed by atoms with E-state index in [2.05, 4.69) is 0 Å². The van der Waals surface area contributed by atoms with Gasteiger partial charge in [-0.05, 0) is 25.7 Å². The molecule has 0 aliphatic heterocycles. The van der Waals surface area contributed by atoms with Crippen LogP contribution in [0.5, 0.6) is 0 Å². The lowest BCUT2D eigenvalue weighted by Gasteiger charge is -2.13. The number of halogens is 4. The third-order valence-corrected chi connectivity index (χ3v) is 4.62. The molecule has 21 heavy (non-hydrogen) atoms. The first-order valence-electron chi connectivity index (χ1n) is 8.18. The Balaban J connectivity index is 3.30. The minimum absolute atomic E-state index is 0.105. The van der Waals surface area contributed by atoms with E-state index in [0.29, 0.717) is 13.2 Å². The van der Waals surface area contributed by atoms with Gasteiger partial charge in [0.15, 0.2) is 0 Å². The Morgan fingerprint density at radius 3 is 1.33 bits per heavy atom. The fraction of sp³-hybridized carbons (Fsp3) is 1.00. The number of unbranched alkanes of at least 4 members (excludes halogenated alkanes) is 6. The maximum atomic E-state index is 6.23. The number of hydrogen-bond donors (Lipinski definition) is 0. The molecule has 0 aliphatic rings. The van der Waals surface area contributed by atoms with E-state index in [1.165, 1.54) is 25.7 Å². The van der Waals surface area contributed by atoms with E-state index in [1.807, 2.05) is 0 Å². The van der Waals surface area contributed by atoms with Crippen LogP contribution in [0.25, 0.3) is 0 Å². The third-order valence-electron chi connectivity index (χ3n) is 3.40. The van der Waals surface area contributed by atoms with Crippen LogP contribution < -0.4 is 0 Å². The van der Waals surface area contributed by atoms with Crippen molar-refractivity contribution in [3.63, 3.8) is 0 Å². The molecule has 128 valence electrons. The van der Waals surface area contributed by atoms with Gasteiger partial charge in [0.2, 0.25) is 0 Å². The number of hydrogen-bond acceptors (Lipinski definition) is 1. The molecule has 0 aromatic heterocycles. The van der Waals surface area contributed by atoms with Gasteiger partial charge in [0.25, 0.3) is 0 Å². The van der Waals surface area contributed by atoms with Gasteiger partial charge in [0.1, 0.15) is 0 Å². The summed E-state index contributed by atoms with van der Waals surface area (Å²) in [6.07, 6.45) is 11.3. The van der Waals surface area contributed by atoms with Crippen molar-refractivity contribution < 1.29 is 4.74 Å². The maximum absolute atomic E-state index is 6.23. The van der Waals surface area contributed by atoms with Crippen molar-refractivity contribution in [3.8, 4) is 0 Å². The normalized spacial score (nSPS) is 14.3. The van der Waals surface area contributed by atoms with Crippen LogP contribution in [0.15, 0.2) is 0 Å². The van der Waals surface area contributed by atoms with E-state index in [9.17, 15) is 0 Å². The molecule has 0 heterocycles. The van der Waals surface area contributed by atoms with Crippen molar-refractivity contribution in [1.82, 2.24) is 0 Å². The summed E-state index contributed by atoms with van der Waals surface area (Å²) in [5, 5.41) is 0.210. The monoisotopic (exact) mass is 378 g/mol. The van der Waals surface area contributed by atoms with Gasteiger partial charge in [-0.2, -0.15) is 0 Å². The summed E-state index contributed by atoms with van der Waals surface area (Å²) in [6.45, 7) is 1.21. The van der Waals surface area contributed by atoms with E-state index in [1.54, 1.807) is 0 Å². The van der Waals surface area contributed by atoms with E-state index >= 15 is 0 Å². The molecule has 0 rings (SSSR count). The lowest BCUT2D eigenvalue weighted by atomic mass is 10.1. The Morgan fingerprint density at radius 1 is 0.571 bits per heavy atom. The zero-order valence-electron chi connectivity index (χ0n) is 13.0. The predicted molar refractivity (Wildman–Crippen MR) is 97.7 cm³/mol. The fourth-order valence-electron chi connectivity index (χ4n) is 2.12. The van der Waals surface area contributed by atoms with Gasteiger partial charge in [-0.15, -0.1) is 46.4 Å². The zero-order chi connectivity index (χ0) is 15.8.